The molecule has 0 aliphatic heterocycles. The van der Waals surface area contributed by atoms with E-state index < -0.39 is 0 Å². The number of aryl methyl sites for hydroxylation is 1. The van der Waals surface area contributed by atoms with Crippen LogP contribution in [0.2, 0.25) is 0 Å². The number of nitrogens with zero attached hydrogens (tertiary/aromatic N) is 3. The first-order valence-corrected chi connectivity index (χ1v) is 6.53. The third-order valence-corrected chi connectivity index (χ3v) is 2.68. The Morgan fingerprint density at radius 1 is 1.21 bits per heavy atom. The largest absolute Gasteiger partial charge is 0.356 e. The fraction of sp³-hybridized carbons (Fsp3) is 0.357. The number of para-hydroxylation sites is 1. The molecule has 19 heavy (non-hydrogen) atoms. The van der Waals surface area contributed by atoms with Crippen molar-refractivity contribution in [3.63, 3.8) is 0 Å². The van der Waals surface area contributed by atoms with Crippen LogP contribution in [0.4, 0.5) is 5.95 Å². The topological polar surface area (TPSA) is 62.2 Å². The van der Waals surface area contributed by atoms with E-state index in [9.17, 15) is 0 Å². The van der Waals surface area contributed by atoms with E-state index in [1.165, 1.54) is 0 Å². The zero-order valence-electron chi connectivity index (χ0n) is 11.6. The summed E-state index contributed by atoms with van der Waals surface area (Å²) in [5.74, 6) is 1.28. The van der Waals surface area contributed by atoms with Crippen molar-refractivity contribution in [2.24, 2.45) is 4.99 Å². The van der Waals surface area contributed by atoms with Crippen molar-refractivity contribution in [3.05, 3.63) is 30.0 Å². The molecular formula is C14H19N5. The molecule has 0 saturated heterocycles. The number of guanidine groups is 1. The van der Waals surface area contributed by atoms with Gasteiger partial charge in [0.2, 0.25) is 5.95 Å². The van der Waals surface area contributed by atoms with Crippen molar-refractivity contribution in [1.82, 2.24) is 15.3 Å². The second-order valence-electron chi connectivity index (χ2n) is 4.13. The highest BCUT2D eigenvalue weighted by Gasteiger charge is 2.05. The van der Waals surface area contributed by atoms with E-state index in [2.05, 4.69) is 25.6 Å². The van der Waals surface area contributed by atoms with Gasteiger partial charge in [0.1, 0.15) is 0 Å². The molecule has 2 N–H and O–H groups in total. The number of fused-ring (bicyclic) bond motifs is 1. The first kappa shape index (κ1) is 13.3. The lowest BCUT2D eigenvalue weighted by molar-refractivity contribution is 0.939. The van der Waals surface area contributed by atoms with Gasteiger partial charge >= 0.3 is 0 Å². The Bertz CT molecular complexity index is 591. The van der Waals surface area contributed by atoms with Crippen LogP contribution in [0.3, 0.4) is 0 Å². The predicted octanol–water partition coefficient (Wildman–Crippen LogP) is 2.34. The first-order valence-electron chi connectivity index (χ1n) is 6.53. The van der Waals surface area contributed by atoms with E-state index in [1.54, 1.807) is 0 Å². The van der Waals surface area contributed by atoms with Crippen LogP contribution in [0.5, 0.6) is 0 Å². The number of benzene rings is 1. The van der Waals surface area contributed by atoms with Crippen LogP contribution in [-0.2, 0) is 0 Å². The minimum Gasteiger partial charge on any atom is -0.356 e. The van der Waals surface area contributed by atoms with Gasteiger partial charge in [0.25, 0.3) is 0 Å². The maximum Gasteiger partial charge on any atom is 0.230 e. The van der Waals surface area contributed by atoms with E-state index in [-0.39, 0.29) is 0 Å². The molecule has 0 radical (unpaired) electrons. The van der Waals surface area contributed by atoms with Crippen LogP contribution in [-0.4, -0.2) is 29.0 Å². The third-order valence-electron chi connectivity index (χ3n) is 2.68. The van der Waals surface area contributed by atoms with Gasteiger partial charge in [-0.25, -0.2) is 9.97 Å². The molecule has 5 heteroatoms. The Morgan fingerprint density at radius 2 is 2.00 bits per heavy atom. The van der Waals surface area contributed by atoms with Crippen molar-refractivity contribution in [3.8, 4) is 0 Å². The number of aromatic nitrogens is 2. The van der Waals surface area contributed by atoms with Crippen LogP contribution in [0.25, 0.3) is 10.9 Å². The Labute approximate surface area is 113 Å². The molecule has 0 amide bonds. The molecule has 2 rings (SSSR count). The molecule has 0 bridgehead atoms. The third kappa shape index (κ3) is 3.19. The number of rotatable bonds is 3. The SMILES string of the molecule is CCN=C(NCC)Nc1nc(C)c2ccccc2n1. The molecule has 0 saturated carbocycles. The van der Waals surface area contributed by atoms with Gasteiger partial charge < -0.3 is 5.32 Å². The number of nitrogens with one attached hydrogen (secondary N) is 2. The standard InChI is InChI=1S/C14H19N5/c1-4-15-13(16-5-2)19-14-17-10(3)11-8-6-7-9-12(11)18-14/h6-9H,4-5H2,1-3H3,(H2,15,16,17,18,19). The van der Waals surface area contributed by atoms with E-state index in [1.807, 2.05) is 45.0 Å². The minimum absolute atomic E-state index is 0.573. The first-order chi connectivity index (χ1) is 9.24. The molecule has 100 valence electrons. The second kappa shape index (κ2) is 6.13. The summed E-state index contributed by atoms with van der Waals surface area (Å²) in [6, 6.07) is 7.98. The van der Waals surface area contributed by atoms with Gasteiger partial charge in [-0.05, 0) is 26.8 Å². The lowest BCUT2D eigenvalue weighted by Crippen LogP contribution is -2.31. The average Bonchev–Trinajstić information content (AvgIpc) is 2.39. The van der Waals surface area contributed by atoms with Crippen molar-refractivity contribution in [1.29, 1.82) is 0 Å². The predicted molar refractivity (Wildman–Crippen MR) is 79.6 cm³/mol. The van der Waals surface area contributed by atoms with Crippen LogP contribution in [0.1, 0.15) is 19.5 Å². The van der Waals surface area contributed by atoms with Gasteiger partial charge in [0, 0.05) is 18.5 Å². The summed E-state index contributed by atoms with van der Waals surface area (Å²) < 4.78 is 0. The highest BCUT2D eigenvalue weighted by molar-refractivity contribution is 5.93. The maximum absolute atomic E-state index is 4.50. The molecule has 0 atom stereocenters. The molecule has 0 fully saturated rings. The number of hydrogen-bond acceptors (Lipinski definition) is 3. The average molecular weight is 257 g/mol. The number of hydrogen-bond donors (Lipinski definition) is 2. The van der Waals surface area contributed by atoms with Gasteiger partial charge in [-0.15, -0.1) is 0 Å². The normalized spacial score (nSPS) is 11.6. The van der Waals surface area contributed by atoms with Gasteiger partial charge in [0.05, 0.1) is 11.2 Å². The van der Waals surface area contributed by atoms with Gasteiger partial charge in [-0.3, -0.25) is 10.3 Å². The summed E-state index contributed by atoms with van der Waals surface area (Å²) in [5, 5.41) is 7.36. The highest BCUT2D eigenvalue weighted by Crippen LogP contribution is 2.16. The Hall–Kier alpha value is -2.17. The Kier molecular flexibility index (Phi) is 4.28. The fourth-order valence-corrected chi connectivity index (χ4v) is 1.86. The molecule has 1 aromatic carbocycles. The monoisotopic (exact) mass is 257 g/mol. The number of aliphatic imine (C=N–C) groups is 1. The van der Waals surface area contributed by atoms with Gasteiger partial charge in [-0.1, -0.05) is 18.2 Å². The van der Waals surface area contributed by atoms with E-state index in [0.717, 1.165) is 23.1 Å². The molecule has 0 unspecified atom stereocenters. The molecule has 5 nitrogen and oxygen atoms in total. The zero-order chi connectivity index (χ0) is 13.7. The lowest BCUT2D eigenvalue weighted by atomic mass is 10.2. The number of anilines is 1. The van der Waals surface area contributed by atoms with Crippen LogP contribution >= 0.6 is 0 Å². The molecule has 2 aromatic rings. The van der Waals surface area contributed by atoms with Gasteiger partial charge in [-0.2, -0.15) is 0 Å². The molecule has 1 aromatic heterocycles. The summed E-state index contributed by atoms with van der Waals surface area (Å²) in [6.45, 7) is 7.52. The Balaban J connectivity index is 2.32. The lowest BCUT2D eigenvalue weighted by Gasteiger charge is -2.11. The summed E-state index contributed by atoms with van der Waals surface area (Å²) in [6.07, 6.45) is 0. The summed E-state index contributed by atoms with van der Waals surface area (Å²) in [4.78, 5) is 13.3. The van der Waals surface area contributed by atoms with Crippen molar-refractivity contribution < 1.29 is 0 Å². The van der Waals surface area contributed by atoms with E-state index in [0.29, 0.717) is 18.5 Å². The molecule has 1 heterocycles. The molecular weight excluding hydrogens is 238 g/mol. The van der Waals surface area contributed by atoms with E-state index >= 15 is 0 Å². The smallest absolute Gasteiger partial charge is 0.230 e. The quantitative estimate of drug-likeness (QED) is 0.654. The molecule has 0 aliphatic rings. The second-order valence-corrected chi connectivity index (χ2v) is 4.13. The fourth-order valence-electron chi connectivity index (χ4n) is 1.86. The van der Waals surface area contributed by atoms with Crippen molar-refractivity contribution >= 4 is 22.8 Å². The molecule has 0 aliphatic carbocycles. The van der Waals surface area contributed by atoms with Crippen LogP contribution < -0.4 is 10.6 Å². The van der Waals surface area contributed by atoms with Gasteiger partial charge in [0.15, 0.2) is 5.96 Å². The zero-order valence-corrected chi connectivity index (χ0v) is 11.6. The van der Waals surface area contributed by atoms with Crippen molar-refractivity contribution in [2.75, 3.05) is 18.4 Å². The summed E-state index contributed by atoms with van der Waals surface area (Å²) in [7, 11) is 0. The summed E-state index contributed by atoms with van der Waals surface area (Å²) >= 11 is 0. The van der Waals surface area contributed by atoms with Crippen LogP contribution in [0.15, 0.2) is 29.3 Å². The minimum atomic E-state index is 0.573. The van der Waals surface area contributed by atoms with Crippen LogP contribution in [0, 0.1) is 6.92 Å². The Morgan fingerprint density at radius 3 is 2.74 bits per heavy atom. The maximum atomic E-state index is 4.50. The van der Waals surface area contributed by atoms with E-state index in [4.69, 9.17) is 0 Å². The summed E-state index contributed by atoms with van der Waals surface area (Å²) in [5.41, 5.74) is 1.89. The van der Waals surface area contributed by atoms with Crippen molar-refractivity contribution in [2.45, 2.75) is 20.8 Å². The highest BCUT2D eigenvalue weighted by atomic mass is 15.2. The molecule has 0 spiro atoms.